The number of methoxy groups -OCH3 is 1. The number of hydrogen-bond acceptors (Lipinski definition) is 3. The summed E-state index contributed by atoms with van der Waals surface area (Å²) in [4.78, 5) is 12.1. The van der Waals surface area contributed by atoms with Crippen molar-refractivity contribution in [3.63, 3.8) is 0 Å². The number of ether oxygens (including phenoxy) is 1. The quantitative estimate of drug-likeness (QED) is 0.257. The molecule has 5 nitrogen and oxygen atoms in total. The lowest BCUT2D eigenvalue weighted by Crippen LogP contribution is -2.01. The maximum Gasteiger partial charge on any atom is 0.336 e. The molecule has 0 aliphatic heterocycles. The minimum atomic E-state index is -1.13. The number of carbonyl (C=O) groups is 1. The van der Waals surface area contributed by atoms with E-state index in [0.717, 1.165) is 11.3 Å². The van der Waals surface area contributed by atoms with Crippen LogP contribution in [-0.2, 0) is 4.79 Å². The number of carboxylic acids is 1. The fraction of sp³-hybridized carbons (Fsp3) is 0.0400. The second kappa shape index (κ2) is 10.1. The van der Waals surface area contributed by atoms with Crippen LogP contribution in [0.2, 0.25) is 20.1 Å². The van der Waals surface area contributed by atoms with E-state index in [2.05, 4.69) is 5.10 Å². The maximum atomic E-state index is 12.1. The van der Waals surface area contributed by atoms with E-state index in [9.17, 15) is 9.90 Å². The summed E-state index contributed by atoms with van der Waals surface area (Å²) < 4.78 is 6.94. The van der Waals surface area contributed by atoms with Gasteiger partial charge in [-0.25, -0.2) is 9.48 Å². The van der Waals surface area contributed by atoms with Crippen molar-refractivity contribution >= 4 is 64.0 Å². The predicted octanol–water partition coefficient (Wildman–Crippen LogP) is 7.79. The molecule has 0 saturated heterocycles. The van der Waals surface area contributed by atoms with Crippen molar-refractivity contribution in [1.82, 2.24) is 9.78 Å². The van der Waals surface area contributed by atoms with Crippen molar-refractivity contribution in [3.8, 4) is 22.7 Å². The van der Waals surface area contributed by atoms with Crippen LogP contribution in [0.1, 0.15) is 11.3 Å². The summed E-state index contributed by atoms with van der Waals surface area (Å²) in [6, 6.07) is 19.0. The van der Waals surface area contributed by atoms with Gasteiger partial charge in [0.25, 0.3) is 0 Å². The normalized spacial score (nSPS) is 11.5. The van der Waals surface area contributed by atoms with Crippen molar-refractivity contribution < 1.29 is 14.6 Å². The van der Waals surface area contributed by atoms with E-state index in [4.69, 9.17) is 51.1 Å². The molecule has 0 unspecified atom stereocenters. The summed E-state index contributed by atoms with van der Waals surface area (Å²) in [6.07, 6.45) is 1.48. The predicted molar refractivity (Wildman–Crippen MR) is 138 cm³/mol. The molecule has 0 atom stereocenters. The van der Waals surface area contributed by atoms with Gasteiger partial charge in [0, 0.05) is 5.56 Å². The van der Waals surface area contributed by atoms with Crippen molar-refractivity contribution in [1.29, 1.82) is 0 Å². The highest BCUT2D eigenvalue weighted by atomic mass is 35.5. The molecule has 0 radical (unpaired) electrons. The first kappa shape index (κ1) is 24.2. The van der Waals surface area contributed by atoms with Crippen LogP contribution in [0.5, 0.6) is 5.75 Å². The Hall–Kier alpha value is -2.96. The van der Waals surface area contributed by atoms with E-state index < -0.39 is 5.97 Å². The minimum Gasteiger partial charge on any atom is -0.497 e. The molecular weight excluding hydrogens is 518 g/mol. The van der Waals surface area contributed by atoms with Crippen LogP contribution in [0.4, 0.5) is 0 Å². The molecule has 0 saturated carbocycles. The Morgan fingerprint density at radius 3 is 2.12 bits per heavy atom. The van der Waals surface area contributed by atoms with Gasteiger partial charge in [-0.2, -0.15) is 5.10 Å². The lowest BCUT2D eigenvalue weighted by Gasteiger charge is -2.09. The summed E-state index contributed by atoms with van der Waals surface area (Å²) in [5.41, 5.74) is 3.02. The van der Waals surface area contributed by atoms with Crippen LogP contribution < -0.4 is 4.74 Å². The molecule has 0 spiro atoms. The lowest BCUT2D eigenvalue weighted by atomic mass is 10.0. The summed E-state index contributed by atoms with van der Waals surface area (Å²) in [5.74, 6) is -0.437. The van der Waals surface area contributed by atoms with Crippen molar-refractivity contribution in [2.75, 3.05) is 7.11 Å². The van der Waals surface area contributed by atoms with E-state index in [1.807, 2.05) is 30.3 Å². The highest BCUT2D eigenvalue weighted by molar-refractivity contribution is 6.42. The zero-order valence-electron chi connectivity index (χ0n) is 17.6. The Kier molecular flexibility index (Phi) is 7.19. The largest absolute Gasteiger partial charge is 0.497 e. The Balaban J connectivity index is 1.88. The third-order valence-electron chi connectivity index (χ3n) is 5.01. The van der Waals surface area contributed by atoms with Crippen molar-refractivity contribution in [2.45, 2.75) is 0 Å². The average molecular weight is 534 g/mol. The van der Waals surface area contributed by atoms with E-state index >= 15 is 0 Å². The molecule has 9 heteroatoms. The number of benzene rings is 3. The Labute approximate surface area is 215 Å². The smallest absolute Gasteiger partial charge is 0.336 e. The van der Waals surface area contributed by atoms with Gasteiger partial charge in [-0.15, -0.1) is 0 Å². The van der Waals surface area contributed by atoms with E-state index in [0.29, 0.717) is 37.8 Å². The molecule has 3 aromatic carbocycles. The summed E-state index contributed by atoms with van der Waals surface area (Å²) >= 11 is 24.4. The first-order valence-corrected chi connectivity index (χ1v) is 11.4. The number of nitrogens with zero attached hydrogens (tertiary/aromatic N) is 2. The van der Waals surface area contributed by atoms with Crippen LogP contribution in [0.25, 0.3) is 28.6 Å². The molecule has 1 heterocycles. The van der Waals surface area contributed by atoms with Gasteiger partial charge in [0.1, 0.15) is 5.75 Å². The maximum absolute atomic E-state index is 12.1. The third kappa shape index (κ3) is 5.08. The SMILES string of the molecule is COc1ccc(-n2nc(C=C(C(=O)O)c3ccc(Cl)c(Cl)c3)cc2-c2ccc(Cl)c(Cl)c2)cc1. The number of halogens is 4. The molecule has 4 aromatic rings. The molecule has 1 N–H and O–H groups in total. The number of rotatable bonds is 6. The van der Waals surface area contributed by atoms with Crippen LogP contribution in [0.15, 0.2) is 66.7 Å². The van der Waals surface area contributed by atoms with Gasteiger partial charge in [-0.3, -0.25) is 0 Å². The number of aliphatic carboxylic acids is 1. The summed E-state index contributed by atoms with van der Waals surface area (Å²) in [5, 5.41) is 15.9. The fourth-order valence-electron chi connectivity index (χ4n) is 3.33. The highest BCUT2D eigenvalue weighted by Gasteiger charge is 2.17. The van der Waals surface area contributed by atoms with Crippen LogP contribution >= 0.6 is 46.4 Å². The molecule has 0 fully saturated rings. The first-order chi connectivity index (χ1) is 16.3. The van der Waals surface area contributed by atoms with Gasteiger partial charge >= 0.3 is 5.97 Å². The fourth-order valence-corrected chi connectivity index (χ4v) is 3.93. The van der Waals surface area contributed by atoms with Gasteiger partial charge in [-0.05, 0) is 66.2 Å². The van der Waals surface area contributed by atoms with Crippen molar-refractivity contribution in [2.24, 2.45) is 0 Å². The topological polar surface area (TPSA) is 64.4 Å². The monoisotopic (exact) mass is 532 g/mol. The average Bonchev–Trinajstić information content (AvgIpc) is 3.25. The standard InChI is InChI=1S/C25H16Cl4N2O3/c1-34-18-6-4-17(5-7-18)31-24(15-3-9-21(27)23(29)11-15)13-16(30-31)12-19(25(32)33)14-2-8-20(26)22(28)10-14/h2-13H,1H3,(H,32,33). The zero-order chi connectivity index (χ0) is 24.4. The number of carboxylic acid groups (broad SMARTS) is 1. The summed E-state index contributed by atoms with van der Waals surface area (Å²) in [6.45, 7) is 0. The molecule has 0 aliphatic carbocycles. The number of aromatic nitrogens is 2. The molecule has 4 rings (SSSR count). The van der Waals surface area contributed by atoms with Crippen LogP contribution in [0.3, 0.4) is 0 Å². The minimum absolute atomic E-state index is 0.0126. The second-order valence-electron chi connectivity index (χ2n) is 7.19. The molecular formula is C25H16Cl4N2O3. The van der Waals surface area contributed by atoms with Gasteiger partial charge in [-0.1, -0.05) is 58.5 Å². The lowest BCUT2D eigenvalue weighted by molar-refractivity contribution is -0.130. The van der Waals surface area contributed by atoms with E-state index in [-0.39, 0.29) is 10.6 Å². The van der Waals surface area contributed by atoms with Gasteiger partial charge in [0.05, 0.1) is 49.8 Å². The second-order valence-corrected chi connectivity index (χ2v) is 8.81. The molecule has 0 amide bonds. The van der Waals surface area contributed by atoms with Crippen LogP contribution in [0, 0.1) is 0 Å². The Morgan fingerprint density at radius 1 is 0.882 bits per heavy atom. The molecule has 1 aromatic heterocycles. The molecule has 172 valence electrons. The number of hydrogen-bond donors (Lipinski definition) is 1. The van der Waals surface area contributed by atoms with Gasteiger partial charge in [0.2, 0.25) is 0 Å². The molecule has 0 aliphatic rings. The van der Waals surface area contributed by atoms with Gasteiger partial charge in [0.15, 0.2) is 0 Å². The molecule has 34 heavy (non-hydrogen) atoms. The highest BCUT2D eigenvalue weighted by Crippen LogP contribution is 2.32. The van der Waals surface area contributed by atoms with Crippen LogP contribution in [-0.4, -0.2) is 28.0 Å². The third-order valence-corrected chi connectivity index (χ3v) is 6.49. The summed E-state index contributed by atoms with van der Waals surface area (Å²) in [7, 11) is 1.59. The van der Waals surface area contributed by atoms with E-state index in [1.165, 1.54) is 12.1 Å². The Bertz CT molecular complexity index is 1410. The first-order valence-electron chi connectivity index (χ1n) is 9.87. The van der Waals surface area contributed by atoms with Gasteiger partial charge < -0.3 is 9.84 Å². The zero-order valence-corrected chi connectivity index (χ0v) is 20.6. The van der Waals surface area contributed by atoms with E-state index in [1.54, 1.807) is 42.1 Å². The Morgan fingerprint density at radius 2 is 1.53 bits per heavy atom. The van der Waals surface area contributed by atoms with Crippen molar-refractivity contribution in [3.05, 3.63) is 98.1 Å². The molecule has 0 bridgehead atoms.